The maximum absolute atomic E-state index is 9.00. The molecule has 0 radical (unpaired) electrons. The van der Waals surface area contributed by atoms with E-state index in [1.807, 2.05) is 0 Å². The molecule has 0 unspecified atom stereocenters. The average molecular weight is 165 g/mol. The highest BCUT2D eigenvalue weighted by Gasteiger charge is 1.75. The predicted molar refractivity (Wildman–Crippen MR) is 45.3 cm³/mol. The molecule has 0 fully saturated rings. The lowest BCUT2D eigenvalue weighted by Crippen LogP contribution is -2.18. The second-order valence-electron chi connectivity index (χ2n) is 1.63. The zero-order valence-electron chi connectivity index (χ0n) is 6.17. The third-order valence-corrected chi connectivity index (χ3v) is 1.14. The van der Waals surface area contributed by atoms with Crippen LogP contribution in [0.1, 0.15) is 19.8 Å². The SMILES string of the molecule is CCCCSN.NC(N)=O. The van der Waals surface area contributed by atoms with Gasteiger partial charge in [-0.2, -0.15) is 0 Å². The standard InChI is InChI=1S/C4H11NS.CH4N2O/c1-2-3-4-6-5;2-1(3)4/h2-5H2,1H3;(H4,2,3,4). The van der Waals surface area contributed by atoms with E-state index in [4.69, 9.17) is 9.93 Å². The molecule has 4 nitrogen and oxygen atoms in total. The van der Waals surface area contributed by atoms with Gasteiger partial charge in [0, 0.05) is 5.75 Å². The molecule has 0 spiro atoms. The van der Waals surface area contributed by atoms with Crippen molar-refractivity contribution in [1.82, 2.24) is 0 Å². The summed E-state index contributed by atoms with van der Waals surface area (Å²) >= 11 is 1.43. The monoisotopic (exact) mass is 165 g/mol. The van der Waals surface area contributed by atoms with Crippen LogP contribution in [-0.2, 0) is 0 Å². The predicted octanol–water partition coefficient (Wildman–Crippen LogP) is 0.417. The van der Waals surface area contributed by atoms with Gasteiger partial charge in [0.25, 0.3) is 0 Å². The first-order valence-corrected chi connectivity index (χ1v) is 4.06. The highest BCUT2D eigenvalue weighted by Crippen LogP contribution is 1.92. The molecular formula is C5H15N3OS. The summed E-state index contributed by atoms with van der Waals surface area (Å²) < 4.78 is 0. The number of rotatable bonds is 3. The molecule has 0 aromatic carbocycles. The smallest absolute Gasteiger partial charge is 0.309 e. The summed E-state index contributed by atoms with van der Waals surface area (Å²) in [6, 6.07) is -0.833. The molecule has 0 aromatic rings. The first-order valence-electron chi connectivity index (χ1n) is 3.01. The minimum absolute atomic E-state index is 0.833. The van der Waals surface area contributed by atoms with Crippen LogP contribution in [0.4, 0.5) is 4.79 Å². The van der Waals surface area contributed by atoms with E-state index in [-0.39, 0.29) is 0 Å². The number of amides is 2. The Morgan fingerprint density at radius 3 is 2.00 bits per heavy atom. The van der Waals surface area contributed by atoms with Crippen LogP contribution in [0, 0.1) is 0 Å². The van der Waals surface area contributed by atoms with E-state index < -0.39 is 6.03 Å². The van der Waals surface area contributed by atoms with Gasteiger partial charge in [-0.3, -0.25) is 5.14 Å². The van der Waals surface area contributed by atoms with E-state index >= 15 is 0 Å². The van der Waals surface area contributed by atoms with Crippen molar-refractivity contribution < 1.29 is 4.79 Å². The van der Waals surface area contributed by atoms with Crippen molar-refractivity contribution in [2.45, 2.75) is 19.8 Å². The number of primary amides is 2. The molecule has 0 saturated heterocycles. The Morgan fingerprint density at radius 1 is 1.50 bits per heavy atom. The minimum Gasteiger partial charge on any atom is -0.352 e. The molecule has 5 heteroatoms. The van der Waals surface area contributed by atoms with Crippen molar-refractivity contribution in [1.29, 1.82) is 0 Å². The van der Waals surface area contributed by atoms with Crippen molar-refractivity contribution in [3.05, 3.63) is 0 Å². The molecule has 0 saturated carbocycles. The molecule has 0 aromatic heterocycles. The van der Waals surface area contributed by atoms with E-state index in [9.17, 15) is 0 Å². The van der Waals surface area contributed by atoms with Gasteiger partial charge in [-0.15, -0.1) is 0 Å². The number of carbonyl (C=O) groups excluding carboxylic acids is 1. The number of urea groups is 1. The fourth-order valence-corrected chi connectivity index (χ4v) is 0.683. The summed E-state index contributed by atoms with van der Waals surface area (Å²) in [4.78, 5) is 9.00. The van der Waals surface area contributed by atoms with Crippen LogP contribution in [0.5, 0.6) is 0 Å². The topological polar surface area (TPSA) is 95.1 Å². The Kier molecular flexibility index (Phi) is 14.0. The van der Waals surface area contributed by atoms with Gasteiger partial charge >= 0.3 is 6.03 Å². The van der Waals surface area contributed by atoms with Crippen LogP contribution in [0.25, 0.3) is 0 Å². The van der Waals surface area contributed by atoms with Gasteiger partial charge in [0.05, 0.1) is 0 Å². The number of hydrogen-bond acceptors (Lipinski definition) is 3. The molecule has 6 N–H and O–H groups in total. The lowest BCUT2D eigenvalue weighted by molar-refractivity contribution is 0.256. The van der Waals surface area contributed by atoms with Gasteiger partial charge in [-0.1, -0.05) is 25.3 Å². The fraction of sp³-hybridized carbons (Fsp3) is 0.800. The summed E-state index contributed by atoms with van der Waals surface area (Å²) in [7, 11) is 0. The van der Waals surface area contributed by atoms with Crippen molar-refractivity contribution in [3.63, 3.8) is 0 Å². The number of unbranched alkanes of at least 4 members (excludes halogenated alkanes) is 1. The fourth-order valence-electron chi connectivity index (χ4n) is 0.228. The van der Waals surface area contributed by atoms with Crippen molar-refractivity contribution in [2.75, 3.05) is 5.75 Å². The van der Waals surface area contributed by atoms with Crippen LogP contribution in [0.3, 0.4) is 0 Å². The van der Waals surface area contributed by atoms with Gasteiger partial charge in [0.15, 0.2) is 0 Å². The molecule has 0 bridgehead atoms. The Labute approximate surface area is 65.6 Å². The van der Waals surface area contributed by atoms with E-state index in [1.165, 1.54) is 24.8 Å². The third-order valence-electron chi connectivity index (χ3n) is 0.616. The molecule has 0 rings (SSSR count). The van der Waals surface area contributed by atoms with Gasteiger partial charge in [-0.05, 0) is 6.42 Å². The summed E-state index contributed by atoms with van der Waals surface area (Å²) in [5.41, 5.74) is 8.50. The number of carbonyl (C=O) groups is 1. The van der Waals surface area contributed by atoms with Crippen LogP contribution < -0.4 is 16.6 Å². The molecule has 0 aliphatic heterocycles. The highest BCUT2D eigenvalue weighted by molar-refractivity contribution is 7.97. The lowest BCUT2D eigenvalue weighted by Gasteiger charge is -1.86. The zero-order chi connectivity index (χ0) is 8.41. The van der Waals surface area contributed by atoms with E-state index in [0.717, 1.165) is 5.75 Å². The summed E-state index contributed by atoms with van der Waals surface area (Å²) in [6.45, 7) is 2.16. The maximum Gasteiger partial charge on any atom is 0.309 e. The summed E-state index contributed by atoms with van der Waals surface area (Å²) in [6.07, 6.45) is 2.51. The lowest BCUT2D eigenvalue weighted by atomic mass is 10.4. The normalized spacial score (nSPS) is 7.80. The maximum atomic E-state index is 9.00. The Bertz CT molecular complexity index is 71.3. The van der Waals surface area contributed by atoms with Crippen LogP contribution in [0.2, 0.25) is 0 Å². The van der Waals surface area contributed by atoms with Crippen molar-refractivity contribution in [2.24, 2.45) is 16.6 Å². The molecule has 2 amide bonds. The average Bonchev–Trinajstić information content (AvgIpc) is 1.82. The summed E-state index contributed by atoms with van der Waals surface area (Å²) in [5.74, 6) is 1.11. The second-order valence-corrected chi connectivity index (χ2v) is 2.37. The quantitative estimate of drug-likeness (QED) is 0.417. The first kappa shape index (κ1) is 12.3. The molecule has 0 aliphatic rings. The Morgan fingerprint density at radius 2 is 1.90 bits per heavy atom. The van der Waals surface area contributed by atoms with Crippen LogP contribution in [-0.4, -0.2) is 11.8 Å². The third kappa shape index (κ3) is 49.3. The molecule has 62 valence electrons. The number of nitrogens with two attached hydrogens (primary N) is 3. The summed E-state index contributed by atoms with van der Waals surface area (Å²) in [5, 5.41) is 5.13. The molecule has 0 heterocycles. The Balaban J connectivity index is 0. The van der Waals surface area contributed by atoms with E-state index in [0.29, 0.717) is 0 Å². The number of hydrogen-bond donors (Lipinski definition) is 3. The zero-order valence-corrected chi connectivity index (χ0v) is 6.99. The van der Waals surface area contributed by atoms with E-state index in [2.05, 4.69) is 18.4 Å². The molecular weight excluding hydrogens is 150 g/mol. The highest BCUT2D eigenvalue weighted by atomic mass is 32.2. The van der Waals surface area contributed by atoms with Crippen molar-refractivity contribution >= 4 is 18.0 Å². The largest absolute Gasteiger partial charge is 0.352 e. The van der Waals surface area contributed by atoms with Crippen LogP contribution in [0.15, 0.2) is 0 Å². The second kappa shape index (κ2) is 11.4. The molecule has 0 aliphatic carbocycles. The molecule has 0 atom stereocenters. The van der Waals surface area contributed by atoms with Gasteiger partial charge in [0.1, 0.15) is 0 Å². The van der Waals surface area contributed by atoms with Crippen LogP contribution >= 0.6 is 11.9 Å². The minimum atomic E-state index is -0.833. The first-order chi connectivity index (χ1) is 4.65. The molecule has 10 heavy (non-hydrogen) atoms. The van der Waals surface area contributed by atoms with E-state index in [1.54, 1.807) is 0 Å². The van der Waals surface area contributed by atoms with Crippen molar-refractivity contribution in [3.8, 4) is 0 Å². The van der Waals surface area contributed by atoms with Gasteiger partial charge in [-0.25, -0.2) is 4.79 Å². The van der Waals surface area contributed by atoms with Gasteiger partial charge in [0.2, 0.25) is 0 Å². The Hall–Kier alpha value is -0.420. The van der Waals surface area contributed by atoms with Gasteiger partial charge < -0.3 is 11.5 Å².